The summed E-state index contributed by atoms with van der Waals surface area (Å²) in [5.74, 6) is 2.19. The van der Waals surface area contributed by atoms with Gasteiger partial charge in [-0.1, -0.05) is 18.2 Å². The largest absolute Gasteiger partial charge is 0.489 e. The van der Waals surface area contributed by atoms with Crippen molar-refractivity contribution in [3.05, 3.63) is 30.3 Å². The zero-order valence-corrected chi connectivity index (χ0v) is 13.6. The summed E-state index contributed by atoms with van der Waals surface area (Å²) in [4.78, 5) is 15.0. The van der Waals surface area contributed by atoms with Gasteiger partial charge < -0.3 is 15.0 Å². The van der Waals surface area contributed by atoms with Gasteiger partial charge in [0.1, 0.15) is 11.9 Å². The highest BCUT2D eigenvalue weighted by Gasteiger charge is 2.43. The third-order valence-electron chi connectivity index (χ3n) is 5.46. The molecule has 1 amide bonds. The normalized spacial score (nSPS) is 31.1. The van der Waals surface area contributed by atoms with Crippen molar-refractivity contribution < 1.29 is 9.53 Å². The summed E-state index contributed by atoms with van der Waals surface area (Å²) < 4.78 is 6.02. The average Bonchev–Trinajstić information content (AvgIpc) is 3.35. The molecule has 2 heterocycles. The second-order valence-electron chi connectivity index (χ2n) is 7.19. The van der Waals surface area contributed by atoms with E-state index >= 15 is 0 Å². The van der Waals surface area contributed by atoms with Crippen LogP contribution in [0.5, 0.6) is 5.75 Å². The second kappa shape index (κ2) is 6.52. The highest BCUT2D eigenvalue weighted by molar-refractivity contribution is 5.80. The number of carbonyl (C=O) groups is 1. The molecule has 4 rings (SSSR count). The topological polar surface area (TPSA) is 41.6 Å². The minimum atomic E-state index is 0.136. The van der Waals surface area contributed by atoms with Gasteiger partial charge in [0.25, 0.3) is 0 Å². The summed E-state index contributed by atoms with van der Waals surface area (Å²) in [7, 11) is 0. The molecule has 0 aromatic heterocycles. The second-order valence-corrected chi connectivity index (χ2v) is 7.19. The Morgan fingerprint density at radius 1 is 1.13 bits per heavy atom. The number of rotatable bonds is 4. The summed E-state index contributed by atoms with van der Waals surface area (Å²) in [6.07, 6.45) is 5.83. The molecule has 1 saturated carbocycles. The molecule has 0 unspecified atom stereocenters. The molecule has 1 aromatic carbocycles. The van der Waals surface area contributed by atoms with Crippen molar-refractivity contribution in [3.8, 4) is 5.75 Å². The molecule has 4 heteroatoms. The Morgan fingerprint density at radius 2 is 1.96 bits per heavy atom. The van der Waals surface area contributed by atoms with Crippen LogP contribution in [0.25, 0.3) is 0 Å². The number of nitrogens with one attached hydrogen (secondary N) is 1. The number of hydrogen-bond donors (Lipinski definition) is 1. The summed E-state index contributed by atoms with van der Waals surface area (Å²) in [5, 5.41) is 3.61. The first-order chi connectivity index (χ1) is 11.3. The molecule has 4 nitrogen and oxygen atoms in total. The summed E-state index contributed by atoms with van der Waals surface area (Å²) in [6, 6.07) is 10.4. The van der Waals surface area contributed by atoms with E-state index in [1.54, 1.807) is 0 Å². The lowest BCUT2D eigenvalue weighted by Gasteiger charge is -2.34. The summed E-state index contributed by atoms with van der Waals surface area (Å²) in [5.41, 5.74) is 0. The number of likely N-dealkylation sites (tertiary alicyclic amines) is 1. The molecular formula is C19H26N2O2. The maximum atomic E-state index is 13.0. The fraction of sp³-hybridized carbons (Fsp3) is 0.632. The van der Waals surface area contributed by atoms with Crippen molar-refractivity contribution in [2.45, 2.75) is 44.2 Å². The maximum Gasteiger partial charge on any atom is 0.227 e. The van der Waals surface area contributed by atoms with Crippen molar-refractivity contribution in [3.63, 3.8) is 0 Å². The van der Waals surface area contributed by atoms with Crippen LogP contribution in [0.3, 0.4) is 0 Å². The van der Waals surface area contributed by atoms with Gasteiger partial charge in [-0.05, 0) is 50.3 Å². The Hall–Kier alpha value is -1.55. The molecule has 3 atom stereocenters. The van der Waals surface area contributed by atoms with Crippen LogP contribution < -0.4 is 10.1 Å². The predicted molar refractivity (Wildman–Crippen MR) is 89.3 cm³/mol. The van der Waals surface area contributed by atoms with Crippen LogP contribution in [0.15, 0.2) is 30.3 Å². The van der Waals surface area contributed by atoms with Crippen molar-refractivity contribution >= 4 is 5.91 Å². The molecule has 1 aliphatic carbocycles. The molecular weight excluding hydrogens is 288 g/mol. The van der Waals surface area contributed by atoms with Crippen molar-refractivity contribution in [2.75, 3.05) is 19.6 Å². The number of para-hydroxylation sites is 1. The fourth-order valence-corrected chi connectivity index (χ4v) is 4.09. The van der Waals surface area contributed by atoms with Gasteiger partial charge in [0.15, 0.2) is 0 Å². The standard InChI is InChI=1S/C19H26N2O2/c22-19(17-7-4-11-20-18(17)14-8-9-14)21-12-10-16(13-21)23-15-5-2-1-3-6-15/h1-3,5-6,14,16-18,20H,4,7-13H2/t16-,17+,18+/m0/s1. The molecule has 2 aliphatic heterocycles. The van der Waals surface area contributed by atoms with E-state index in [0.717, 1.165) is 50.6 Å². The number of hydrogen-bond acceptors (Lipinski definition) is 3. The zero-order valence-electron chi connectivity index (χ0n) is 13.6. The van der Waals surface area contributed by atoms with Crippen molar-refractivity contribution in [1.82, 2.24) is 10.2 Å². The van der Waals surface area contributed by atoms with Crippen LogP contribution in [0, 0.1) is 11.8 Å². The first-order valence-corrected chi connectivity index (χ1v) is 9.05. The molecule has 3 aliphatic rings. The third-order valence-corrected chi connectivity index (χ3v) is 5.46. The van der Waals surface area contributed by atoms with Gasteiger partial charge in [-0.3, -0.25) is 4.79 Å². The van der Waals surface area contributed by atoms with Crippen molar-refractivity contribution in [1.29, 1.82) is 0 Å². The minimum absolute atomic E-state index is 0.136. The first-order valence-electron chi connectivity index (χ1n) is 9.05. The van der Waals surface area contributed by atoms with E-state index in [1.165, 1.54) is 12.8 Å². The van der Waals surface area contributed by atoms with Gasteiger partial charge in [0.05, 0.1) is 12.5 Å². The Kier molecular flexibility index (Phi) is 4.25. The monoisotopic (exact) mass is 314 g/mol. The molecule has 3 fully saturated rings. The molecule has 0 bridgehead atoms. The van der Waals surface area contributed by atoms with E-state index in [2.05, 4.69) is 5.32 Å². The molecule has 2 saturated heterocycles. The van der Waals surface area contributed by atoms with Gasteiger partial charge in [-0.2, -0.15) is 0 Å². The number of nitrogens with zero attached hydrogens (tertiary/aromatic N) is 1. The smallest absolute Gasteiger partial charge is 0.227 e. The van der Waals surface area contributed by atoms with Crippen LogP contribution >= 0.6 is 0 Å². The van der Waals surface area contributed by atoms with Crippen LogP contribution in [-0.2, 0) is 4.79 Å². The number of carbonyl (C=O) groups excluding carboxylic acids is 1. The Balaban J connectivity index is 1.36. The van der Waals surface area contributed by atoms with Gasteiger partial charge in [-0.25, -0.2) is 0 Å². The molecule has 1 aromatic rings. The third kappa shape index (κ3) is 3.37. The minimum Gasteiger partial charge on any atom is -0.489 e. The number of piperidine rings is 1. The quantitative estimate of drug-likeness (QED) is 0.928. The van der Waals surface area contributed by atoms with Crippen LogP contribution in [0.1, 0.15) is 32.1 Å². The summed E-state index contributed by atoms with van der Waals surface area (Å²) in [6.45, 7) is 2.65. The van der Waals surface area contributed by atoms with Crippen LogP contribution in [0.4, 0.5) is 0 Å². The van der Waals surface area contributed by atoms with E-state index < -0.39 is 0 Å². The van der Waals surface area contributed by atoms with Gasteiger partial charge >= 0.3 is 0 Å². The molecule has 0 radical (unpaired) electrons. The van der Waals surface area contributed by atoms with Crippen molar-refractivity contribution in [2.24, 2.45) is 11.8 Å². The number of amides is 1. The van der Waals surface area contributed by atoms with E-state index in [-0.39, 0.29) is 12.0 Å². The predicted octanol–water partition coefficient (Wildman–Crippen LogP) is 2.44. The molecule has 124 valence electrons. The van der Waals surface area contributed by atoms with E-state index in [9.17, 15) is 4.79 Å². The lowest BCUT2D eigenvalue weighted by Crippen LogP contribution is -2.50. The Morgan fingerprint density at radius 3 is 2.74 bits per heavy atom. The van der Waals surface area contributed by atoms with Gasteiger partial charge in [0.2, 0.25) is 5.91 Å². The molecule has 0 spiro atoms. The van der Waals surface area contributed by atoms with E-state index in [1.807, 2.05) is 35.2 Å². The fourth-order valence-electron chi connectivity index (χ4n) is 4.09. The lowest BCUT2D eigenvalue weighted by molar-refractivity contribution is -0.136. The zero-order chi connectivity index (χ0) is 15.6. The lowest BCUT2D eigenvalue weighted by atomic mass is 9.86. The van der Waals surface area contributed by atoms with Crippen LogP contribution in [-0.4, -0.2) is 42.6 Å². The molecule has 23 heavy (non-hydrogen) atoms. The van der Waals surface area contributed by atoms with E-state index in [4.69, 9.17) is 4.74 Å². The Labute approximate surface area is 138 Å². The number of benzene rings is 1. The Bertz CT molecular complexity index is 544. The van der Waals surface area contributed by atoms with Gasteiger partial charge in [-0.15, -0.1) is 0 Å². The maximum absolute atomic E-state index is 13.0. The highest BCUT2D eigenvalue weighted by Crippen LogP contribution is 2.39. The highest BCUT2D eigenvalue weighted by atomic mass is 16.5. The van der Waals surface area contributed by atoms with E-state index in [0.29, 0.717) is 11.9 Å². The molecule has 1 N–H and O–H groups in total. The first kappa shape index (κ1) is 15.0. The summed E-state index contributed by atoms with van der Waals surface area (Å²) >= 11 is 0. The average molecular weight is 314 g/mol. The number of ether oxygens (including phenoxy) is 1. The van der Waals surface area contributed by atoms with Gasteiger partial charge in [0, 0.05) is 19.0 Å². The van der Waals surface area contributed by atoms with Crippen LogP contribution in [0.2, 0.25) is 0 Å². The SMILES string of the molecule is O=C([C@@H]1CCCN[C@@H]1C1CC1)N1CC[C@H](Oc2ccccc2)C1.